The summed E-state index contributed by atoms with van der Waals surface area (Å²) in [5.41, 5.74) is 1.34. The topological polar surface area (TPSA) is 51.9 Å². The van der Waals surface area contributed by atoms with Crippen LogP contribution in [-0.2, 0) is 7.05 Å². The van der Waals surface area contributed by atoms with Gasteiger partial charge in [-0.3, -0.25) is 14.6 Å². The van der Waals surface area contributed by atoms with Crippen molar-refractivity contribution in [1.29, 1.82) is 0 Å². The highest BCUT2D eigenvalue weighted by Crippen LogP contribution is 2.26. The number of hydrogen-bond donors (Lipinski definition) is 1. The lowest BCUT2D eigenvalue weighted by Gasteiger charge is -2.40. The van der Waals surface area contributed by atoms with E-state index in [1.54, 1.807) is 0 Å². The summed E-state index contributed by atoms with van der Waals surface area (Å²) in [7, 11) is 6.11. The number of rotatable bonds is 5. The molecular formula is C20H38IN7. The van der Waals surface area contributed by atoms with E-state index >= 15 is 0 Å². The van der Waals surface area contributed by atoms with Gasteiger partial charge in [-0.15, -0.1) is 24.0 Å². The van der Waals surface area contributed by atoms with Crippen molar-refractivity contribution in [3.05, 3.63) is 18.0 Å². The van der Waals surface area contributed by atoms with E-state index in [2.05, 4.69) is 57.2 Å². The van der Waals surface area contributed by atoms with E-state index in [1.807, 2.05) is 25.0 Å². The molecule has 2 saturated heterocycles. The summed E-state index contributed by atoms with van der Waals surface area (Å²) in [6.07, 6.45) is 5.32. The number of nitrogens with one attached hydrogen (secondary N) is 1. The third-order valence-corrected chi connectivity index (χ3v) is 6.14. The average molecular weight is 503 g/mol. The Morgan fingerprint density at radius 1 is 1.21 bits per heavy atom. The van der Waals surface area contributed by atoms with Gasteiger partial charge in [0.2, 0.25) is 0 Å². The Kier molecular flexibility index (Phi) is 9.01. The SMILES string of the molecule is CN=C(NCC(C(C)C)N1CCN(C)CC1)N1CCC(c2cnn(C)c2)C1.I. The standard InChI is InChI=1S/C20H37N7.HI/c1-16(2)19(26-10-8-24(4)9-11-26)13-22-20(21-3)27-7-6-17(15-27)18-12-23-25(5)14-18;/h12,14,16-17,19H,6-11,13,15H2,1-5H3,(H,21,22);1H. The van der Waals surface area contributed by atoms with E-state index in [0.717, 1.165) is 51.8 Å². The second-order valence-electron chi connectivity index (χ2n) is 8.46. The fourth-order valence-electron chi connectivity index (χ4n) is 4.34. The molecule has 0 aromatic carbocycles. The summed E-state index contributed by atoms with van der Waals surface area (Å²) in [5.74, 6) is 2.22. The van der Waals surface area contributed by atoms with Gasteiger partial charge in [0.25, 0.3) is 0 Å². The number of hydrogen-bond acceptors (Lipinski definition) is 4. The molecular weight excluding hydrogens is 465 g/mol. The Morgan fingerprint density at radius 2 is 1.93 bits per heavy atom. The highest BCUT2D eigenvalue weighted by molar-refractivity contribution is 14.0. The van der Waals surface area contributed by atoms with Crippen LogP contribution in [0.1, 0.15) is 31.7 Å². The first-order valence-corrected chi connectivity index (χ1v) is 10.3. The summed E-state index contributed by atoms with van der Waals surface area (Å²) in [6, 6.07) is 0.548. The van der Waals surface area contributed by atoms with Crippen LogP contribution in [0.5, 0.6) is 0 Å². The lowest BCUT2D eigenvalue weighted by atomic mass is 10.0. The van der Waals surface area contributed by atoms with Crippen molar-refractivity contribution >= 4 is 29.9 Å². The molecule has 3 rings (SSSR count). The van der Waals surface area contributed by atoms with Crippen molar-refractivity contribution in [2.75, 3.05) is 59.9 Å². The van der Waals surface area contributed by atoms with Gasteiger partial charge in [0.1, 0.15) is 0 Å². The molecule has 7 nitrogen and oxygen atoms in total. The minimum atomic E-state index is 0. The Labute approximate surface area is 187 Å². The predicted molar refractivity (Wildman–Crippen MR) is 127 cm³/mol. The zero-order valence-electron chi connectivity index (χ0n) is 18.1. The number of piperazine rings is 1. The van der Waals surface area contributed by atoms with Crippen LogP contribution in [0, 0.1) is 5.92 Å². The molecule has 2 aliphatic heterocycles. The number of aryl methyl sites for hydroxylation is 1. The average Bonchev–Trinajstić information content (AvgIpc) is 3.29. The molecule has 0 bridgehead atoms. The number of likely N-dealkylation sites (N-methyl/N-ethyl adjacent to an activating group) is 1. The van der Waals surface area contributed by atoms with Crippen LogP contribution in [0.3, 0.4) is 0 Å². The lowest BCUT2D eigenvalue weighted by molar-refractivity contribution is 0.0897. The molecule has 2 fully saturated rings. The zero-order chi connectivity index (χ0) is 19.4. The quantitative estimate of drug-likeness (QED) is 0.377. The van der Waals surface area contributed by atoms with Crippen LogP contribution in [0.15, 0.2) is 17.4 Å². The number of halogens is 1. The summed E-state index contributed by atoms with van der Waals surface area (Å²) < 4.78 is 1.90. The highest BCUT2D eigenvalue weighted by Gasteiger charge is 2.29. The van der Waals surface area contributed by atoms with Crippen molar-refractivity contribution in [2.24, 2.45) is 18.0 Å². The smallest absolute Gasteiger partial charge is 0.193 e. The van der Waals surface area contributed by atoms with Crippen molar-refractivity contribution in [1.82, 2.24) is 29.8 Å². The summed E-state index contributed by atoms with van der Waals surface area (Å²) in [4.78, 5) is 12.0. The minimum Gasteiger partial charge on any atom is -0.355 e. The van der Waals surface area contributed by atoms with Crippen molar-refractivity contribution < 1.29 is 0 Å². The van der Waals surface area contributed by atoms with E-state index in [1.165, 1.54) is 12.0 Å². The van der Waals surface area contributed by atoms with E-state index in [-0.39, 0.29) is 24.0 Å². The molecule has 160 valence electrons. The van der Waals surface area contributed by atoms with Gasteiger partial charge in [-0.1, -0.05) is 13.8 Å². The first-order valence-electron chi connectivity index (χ1n) is 10.3. The fourth-order valence-corrected chi connectivity index (χ4v) is 4.34. The second kappa shape index (κ2) is 10.8. The molecule has 0 amide bonds. The summed E-state index contributed by atoms with van der Waals surface area (Å²) in [6.45, 7) is 12.4. The van der Waals surface area contributed by atoms with Crippen LogP contribution in [-0.4, -0.2) is 96.4 Å². The van der Waals surface area contributed by atoms with Gasteiger partial charge in [-0.25, -0.2) is 0 Å². The Morgan fingerprint density at radius 3 is 2.50 bits per heavy atom. The van der Waals surface area contributed by atoms with E-state index < -0.39 is 0 Å². The maximum atomic E-state index is 4.58. The van der Waals surface area contributed by atoms with Gasteiger partial charge in [0.15, 0.2) is 5.96 Å². The molecule has 2 unspecified atom stereocenters. The summed E-state index contributed by atoms with van der Waals surface area (Å²) >= 11 is 0. The van der Waals surface area contributed by atoms with Gasteiger partial charge in [-0.05, 0) is 24.9 Å². The van der Waals surface area contributed by atoms with Gasteiger partial charge in [-0.2, -0.15) is 5.10 Å². The molecule has 28 heavy (non-hydrogen) atoms. The molecule has 1 N–H and O–H groups in total. The van der Waals surface area contributed by atoms with Crippen molar-refractivity contribution in [3.8, 4) is 0 Å². The van der Waals surface area contributed by atoms with Crippen LogP contribution >= 0.6 is 24.0 Å². The minimum absolute atomic E-state index is 0. The third kappa shape index (κ3) is 5.82. The van der Waals surface area contributed by atoms with Gasteiger partial charge < -0.3 is 15.1 Å². The molecule has 2 atom stereocenters. The van der Waals surface area contributed by atoms with Crippen LogP contribution in [0.4, 0.5) is 0 Å². The number of aromatic nitrogens is 2. The maximum absolute atomic E-state index is 4.58. The van der Waals surface area contributed by atoms with Crippen LogP contribution in [0.2, 0.25) is 0 Å². The second-order valence-corrected chi connectivity index (χ2v) is 8.46. The highest BCUT2D eigenvalue weighted by atomic mass is 127. The van der Waals surface area contributed by atoms with Crippen molar-refractivity contribution in [2.45, 2.75) is 32.2 Å². The van der Waals surface area contributed by atoms with E-state index in [9.17, 15) is 0 Å². The molecule has 0 aliphatic carbocycles. The first-order chi connectivity index (χ1) is 13.0. The Balaban J connectivity index is 0.00000280. The predicted octanol–water partition coefficient (Wildman–Crippen LogP) is 1.67. The van der Waals surface area contributed by atoms with Crippen molar-refractivity contribution in [3.63, 3.8) is 0 Å². The van der Waals surface area contributed by atoms with Gasteiger partial charge >= 0.3 is 0 Å². The molecule has 0 radical (unpaired) electrons. The summed E-state index contributed by atoms with van der Waals surface area (Å²) in [5, 5.41) is 8.01. The lowest BCUT2D eigenvalue weighted by Crippen LogP contribution is -2.55. The molecule has 0 saturated carbocycles. The van der Waals surface area contributed by atoms with Crippen LogP contribution < -0.4 is 5.32 Å². The third-order valence-electron chi connectivity index (χ3n) is 6.14. The molecule has 2 aliphatic rings. The Bertz CT molecular complexity index is 622. The largest absolute Gasteiger partial charge is 0.355 e. The monoisotopic (exact) mass is 503 g/mol. The normalized spacial score (nSPS) is 23.1. The molecule has 3 heterocycles. The molecule has 1 aromatic rings. The van der Waals surface area contributed by atoms with Gasteiger partial charge in [0, 0.05) is 78.1 Å². The number of nitrogens with zero attached hydrogens (tertiary/aromatic N) is 6. The number of aliphatic imine (C=N–C) groups is 1. The first kappa shape index (κ1) is 23.4. The molecule has 0 spiro atoms. The van der Waals surface area contributed by atoms with E-state index in [4.69, 9.17) is 0 Å². The molecule has 1 aromatic heterocycles. The number of guanidine groups is 1. The maximum Gasteiger partial charge on any atom is 0.193 e. The fraction of sp³-hybridized carbons (Fsp3) is 0.800. The zero-order valence-corrected chi connectivity index (χ0v) is 20.5. The van der Waals surface area contributed by atoms with Gasteiger partial charge in [0.05, 0.1) is 6.20 Å². The van der Waals surface area contributed by atoms with E-state index in [0.29, 0.717) is 17.9 Å². The molecule has 8 heteroatoms. The Hall–Kier alpha value is -0.870. The van der Waals surface area contributed by atoms with Crippen LogP contribution in [0.25, 0.3) is 0 Å². The number of likely N-dealkylation sites (tertiary alicyclic amines) is 1.